The molecule has 5 rings (SSSR count). The van der Waals surface area contributed by atoms with E-state index < -0.39 is 18.5 Å². The third kappa shape index (κ3) is 5.19. The molecule has 1 aromatic rings. The fourth-order valence-corrected chi connectivity index (χ4v) is 4.48. The van der Waals surface area contributed by atoms with E-state index in [0.29, 0.717) is 24.1 Å². The van der Waals surface area contributed by atoms with E-state index in [-0.39, 0.29) is 11.3 Å². The second-order valence-corrected chi connectivity index (χ2v) is 8.34. The van der Waals surface area contributed by atoms with Crippen LogP contribution in [0.5, 0.6) is 5.75 Å². The summed E-state index contributed by atoms with van der Waals surface area (Å²) in [5, 5.41) is 15.4. The minimum atomic E-state index is -1.10. The van der Waals surface area contributed by atoms with E-state index in [9.17, 15) is 9.59 Å². The highest BCUT2D eigenvalue weighted by molar-refractivity contribution is 8.05. The summed E-state index contributed by atoms with van der Waals surface area (Å²) in [4.78, 5) is 23.7. The fourth-order valence-electron chi connectivity index (χ4n) is 3.82. The second kappa shape index (κ2) is 9.87. The lowest BCUT2D eigenvalue weighted by Crippen LogP contribution is -2.41. The summed E-state index contributed by atoms with van der Waals surface area (Å²) < 4.78 is 13.0. The number of fused-ring (bicyclic) bond motifs is 2. The van der Waals surface area contributed by atoms with Crippen LogP contribution in [0.2, 0.25) is 0 Å². The Labute approximate surface area is 185 Å². The minimum absolute atomic E-state index is 0.217. The Bertz CT molecular complexity index is 989. The summed E-state index contributed by atoms with van der Waals surface area (Å²) in [6.07, 6.45) is 10.9. The largest absolute Gasteiger partial charge is 0.481 e. The number of amides is 1. The van der Waals surface area contributed by atoms with E-state index in [2.05, 4.69) is 17.5 Å². The molecule has 0 spiro atoms. The quantitative estimate of drug-likeness (QED) is 0.471. The Kier molecular flexibility index (Phi) is 6.76. The highest BCUT2D eigenvalue weighted by atomic mass is 32.2. The first-order valence-corrected chi connectivity index (χ1v) is 11.4. The molecule has 8 heteroatoms. The summed E-state index contributed by atoms with van der Waals surface area (Å²) in [5.74, 6) is 0.739. The lowest BCUT2D eigenvalue weighted by atomic mass is 9.89. The molecule has 1 amide bonds. The smallest absolute Gasteiger partial charge is 0.406 e. The number of carbonyl (C=O) groups excluding carboxylic acids is 1. The number of carbonyl (C=O) groups is 2. The maximum atomic E-state index is 12.9. The molecule has 1 aliphatic carbocycles. The SMILES string of the molecule is O=C(O)COc1ccccc1C(=O)NC1=CSC=C2OC1=[N+]2CC=CC1CCCCC1. The van der Waals surface area contributed by atoms with Crippen LogP contribution in [-0.2, 0) is 9.53 Å². The van der Waals surface area contributed by atoms with Crippen molar-refractivity contribution in [2.75, 3.05) is 13.2 Å². The van der Waals surface area contributed by atoms with E-state index in [1.165, 1.54) is 43.9 Å². The number of carboxylic acids is 1. The Balaban J connectivity index is 1.44. The molecule has 0 unspecified atom stereocenters. The van der Waals surface area contributed by atoms with Crippen molar-refractivity contribution in [3.8, 4) is 5.75 Å². The maximum Gasteiger partial charge on any atom is 0.406 e. The number of hydrogen-bond donors (Lipinski definition) is 2. The first-order valence-electron chi connectivity index (χ1n) is 10.4. The van der Waals surface area contributed by atoms with Gasteiger partial charge in [-0.3, -0.25) is 4.79 Å². The number of ether oxygens (including phenoxy) is 2. The molecular weight excluding hydrogens is 416 g/mol. The van der Waals surface area contributed by atoms with Crippen LogP contribution >= 0.6 is 11.8 Å². The predicted octanol–water partition coefficient (Wildman–Crippen LogP) is 3.84. The van der Waals surface area contributed by atoms with Crippen molar-refractivity contribution in [3.63, 3.8) is 0 Å². The minimum Gasteiger partial charge on any atom is -0.481 e. The molecule has 1 saturated carbocycles. The van der Waals surface area contributed by atoms with Crippen molar-refractivity contribution in [2.24, 2.45) is 5.92 Å². The lowest BCUT2D eigenvalue weighted by molar-refractivity contribution is -0.544. The van der Waals surface area contributed by atoms with Gasteiger partial charge in [-0.2, -0.15) is 0 Å². The number of nitrogens with zero attached hydrogens (tertiary/aromatic N) is 1. The lowest BCUT2D eigenvalue weighted by Gasteiger charge is -2.19. The monoisotopic (exact) mass is 441 g/mol. The van der Waals surface area contributed by atoms with Crippen LogP contribution in [0.4, 0.5) is 0 Å². The molecule has 1 aromatic carbocycles. The maximum absolute atomic E-state index is 12.9. The molecule has 3 heterocycles. The molecule has 1 fully saturated rings. The summed E-state index contributed by atoms with van der Waals surface area (Å²) in [6.45, 7) is 0.168. The number of para-hydroxylation sites is 1. The van der Waals surface area contributed by atoms with Crippen LogP contribution in [0.15, 0.2) is 58.8 Å². The van der Waals surface area contributed by atoms with Gasteiger partial charge in [-0.1, -0.05) is 49.2 Å². The first-order chi connectivity index (χ1) is 15.1. The summed E-state index contributed by atoms with van der Waals surface area (Å²) in [6, 6.07) is 6.56. The van der Waals surface area contributed by atoms with Gasteiger partial charge < -0.3 is 19.9 Å². The van der Waals surface area contributed by atoms with Gasteiger partial charge in [0.15, 0.2) is 18.8 Å². The zero-order valence-electron chi connectivity index (χ0n) is 17.1. The molecule has 162 valence electrons. The van der Waals surface area contributed by atoms with Crippen LogP contribution in [0, 0.1) is 5.92 Å². The van der Waals surface area contributed by atoms with Gasteiger partial charge in [0.25, 0.3) is 5.91 Å². The normalized spacial score (nSPS) is 18.5. The number of hydrogen-bond acceptors (Lipinski definition) is 5. The molecule has 7 nitrogen and oxygen atoms in total. The summed E-state index contributed by atoms with van der Waals surface area (Å²) in [7, 11) is 0. The second-order valence-electron chi connectivity index (χ2n) is 7.60. The average molecular weight is 442 g/mol. The van der Waals surface area contributed by atoms with Gasteiger partial charge in [0.05, 0.1) is 11.0 Å². The molecule has 3 aliphatic heterocycles. The molecule has 4 aliphatic rings. The van der Waals surface area contributed by atoms with Gasteiger partial charge in [0.2, 0.25) is 0 Å². The van der Waals surface area contributed by atoms with Gasteiger partial charge in [0, 0.05) is 5.41 Å². The van der Waals surface area contributed by atoms with Crippen LogP contribution in [0.25, 0.3) is 0 Å². The van der Waals surface area contributed by atoms with Gasteiger partial charge >= 0.3 is 17.8 Å². The van der Waals surface area contributed by atoms with Crippen molar-refractivity contribution in [1.82, 2.24) is 5.32 Å². The molecule has 31 heavy (non-hydrogen) atoms. The Morgan fingerprint density at radius 1 is 1.23 bits per heavy atom. The topological polar surface area (TPSA) is 87.9 Å². The van der Waals surface area contributed by atoms with E-state index >= 15 is 0 Å². The molecule has 0 atom stereocenters. The van der Waals surface area contributed by atoms with Crippen molar-refractivity contribution < 1.29 is 28.7 Å². The number of nitrogens with one attached hydrogen (secondary N) is 1. The average Bonchev–Trinajstić information content (AvgIpc) is 3.08. The molecule has 0 radical (unpaired) electrons. The summed E-state index contributed by atoms with van der Waals surface area (Å²) >= 11 is 1.44. The van der Waals surface area contributed by atoms with E-state index in [1.807, 2.05) is 15.4 Å². The Morgan fingerprint density at radius 2 is 2.03 bits per heavy atom. The van der Waals surface area contributed by atoms with Gasteiger partial charge in [-0.15, -0.1) is 4.58 Å². The van der Waals surface area contributed by atoms with Crippen molar-refractivity contribution in [1.29, 1.82) is 0 Å². The number of aliphatic carboxylic acids is 1. The summed E-state index contributed by atoms with van der Waals surface area (Å²) in [5.41, 5.74) is 0.822. The Morgan fingerprint density at radius 3 is 2.84 bits per heavy atom. The van der Waals surface area contributed by atoms with Crippen molar-refractivity contribution >= 4 is 29.5 Å². The zero-order chi connectivity index (χ0) is 21.6. The third-order valence-corrected chi connectivity index (χ3v) is 6.08. The van der Waals surface area contributed by atoms with Gasteiger partial charge in [-0.25, -0.2) is 4.79 Å². The number of benzene rings is 1. The highest BCUT2D eigenvalue weighted by Gasteiger charge is 2.41. The molecular formula is C23H25N2O5S+. The Hall–Kier alpha value is -3.00. The third-order valence-electron chi connectivity index (χ3n) is 5.37. The van der Waals surface area contributed by atoms with Crippen molar-refractivity contribution in [2.45, 2.75) is 32.1 Å². The standard InChI is InChI=1S/C23H24N2O5S/c26-21(27)13-29-19-11-5-4-10-17(19)22(28)24-18-14-31-15-20-25(23(18)30-20)12-6-9-16-7-2-1-3-8-16/h4-6,9-11,14-16H,1-3,7-8,12-13H2,(H-,24,26,27,28)/p+1. The van der Waals surface area contributed by atoms with E-state index in [4.69, 9.17) is 14.6 Å². The number of carboxylic acid groups (broad SMARTS) is 1. The molecule has 0 saturated heterocycles. The van der Waals surface area contributed by atoms with Gasteiger partial charge in [-0.05, 0) is 37.0 Å². The predicted molar refractivity (Wildman–Crippen MR) is 118 cm³/mol. The van der Waals surface area contributed by atoms with E-state index in [0.717, 1.165) is 5.88 Å². The van der Waals surface area contributed by atoms with Gasteiger partial charge in [0.1, 0.15) is 5.75 Å². The molecule has 0 aromatic heterocycles. The molecule has 2 N–H and O–H groups in total. The van der Waals surface area contributed by atoms with Crippen LogP contribution < -0.4 is 10.1 Å². The number of rotatable bonds is 8. The van der Waals surface area contributed by atoms with Crippen LogP contribution in [-0.4, -0.2) is 40.6 Å². The molecule has 2 bridgehead atoms. The zero-order valence-corrected chi connectivity index (χ0v) is 17.9. The van der Waals surface area contributed by atoms with Crippen LogP contribution in [0.1, 0.15) is 42.5 Å². The number of allylic oxidation sites excluding steroid dienone is 1. The highest BCUT2D eigenvalue weighted by Crippen LogP contribution is 2.29. The number of thioether (sulfide) groups is 1. The van der Waals surface area contributed by atoms with Crippen LogP contribution in [0.3, 0.4) is 0 Å². The first kappa shape index (κ1) is 21.2. The van der Waals surface area contributed by atoms with E-state index in [1.54, 1.807) is 24.3 Å². The van der Waals surface area contributed by atoms with Crippen molar-refractivity contribution in [3.05, 3.63) is 64.4 Å². The fraction of sp³-hybridized carbons (Fsp3) is 0.348.